The highest BCUT2D eigenvalue weighted by Gasteiger charge is 2.30. The van der Waals surface area contributed by atoms with Gasteiger partial charge in [-0.2, -0.15) is 9.40 Å². The molecule has 1 fully saturated rings. The number of nitrogens with zero attached hydrogens (tertiary/aromatic N) is 4. The zero-order chi connectivity index (χ0) is 15.8. The van der Waals surface area contributed by atoms with Crippen molar-refractivity contribution in [2.24, 2.45) is 7.05 Å². The molecule has 9 nitrogen and oxygen atoms in total. The number of sulfonamides is 1. The molecule has 0 aromatic carbocycles. The lowest BCUT2D eigenvalue weighted by molar-refractivity contribution is 0.0652. The minimum absolute atomic E-state index is 0.0119. The average molecular weight is 316 g/mol. The Morgan fingerprint density at radius 1 is 1.24 bits per heavy atom. The summed E-state index contributed by atoms with van der Waals surface area (Å²) in [5.74, 6) is -1.72. The van der Waals surface area contributed by atoms with E-state index in [0.29, 0.717) is 0 Å². The van der Waals surface area contributed by atoms with Crippen LogP contribution in [0, 0.1) is 0 Å². The number of rotatable bonds is 3. The van der Waals surface area contributed by atoms with Crippen molar-refractivity contribution in [3.63, 3.8) is 0 Å². The van der Waals surface area contributed by atoms with E-state index in [0.717, 1.165) is 6.26 Å². The number of aromatic carboxylic acids is 1. The quantitative estimate of drug-likeness (QED) is 0.752. The first-order valence-corrected chi connectivity index (χ1v) is 8.06. The summed E-state index contributed by atoms with van der Waals surface area (Å²) in [6, 6.07) is 0. The molecule has 0 unspecified atom stereocenters. The highest BCUT2D eigenvalue weighted by Crippen LogP contribution is 2.13. The summed E-state index contributed by atoms with van der Waals surface area (Å²) >= 11 is 0. The maximum atomic E-state index is 12.3. The van der Waals surface area contributed by atoms with Gasteiger partial charge in [-0.15, -0.1) is 0 Å². The number of carboxylic acids is 1. The highest BCUT2D eigenvalue weighted by atomic mass is 32.2. The van der Waals surface area contributed by atoms with E-state index >= 15 is 0 Å². The fourth-order valence-electron chi connectivity index (χ4n) is 2.20. The molecule has 1 saturated heterocycles. The van der Waals surface area contributed by atoms with Crippen LogP contribution in [0.25, 0.3) is 0 Å². The lowest BCUT2D eigenvalue weighted by Crippen LogP contribution is -2.50. The van der Waals surface area contributed by atoms with Crippen molar-refractivity contribution in [2.45, 2.75) is 0 Å². The molecule has 0 atom stereocenters. The monoisotopic (exact) mass is 316 g/mol. The molecule has 0 bridgehead atoms. The molecule has 116 valence electrons. The van der Waals surface area contributed by atoms with Gasteiger partial charge in [0, 0.05) is 39.4 Å². The van der Waals surface area contributed by atoms with Crippen molar-refractivity contribution in [1.29, 1.82) is 0 Å². The third kappa shape index (κ3) is 3.22. The summed E-state index contributed by atoms with van der Waals surface area (Å²) in [5.41, 5.74) is -0.286. The number of hydrogen-bond donors (Lipinski definition) is 1. The van der Waals surface area contributed by atoms with Crippen LogP contribution in [-0.4, -0.2) is 76.8 Å². The van der Waals surface area contributed by atoms with E-state index in [9.17, 15) is 18.0 Å². The summed E-state index contributed by atoms with van der Waals surface area (Å²) in [6.07, 6.45) is 2.48. The summed E-state index contributed by atoms with van der Waals surface area (Å²) in [7, 11) is -1.74. The van der Waals surface area contributed by atoms with Gasteiger partial charge in [0.1, 0.15) is 0 Å². The minimum atomic E-state index is -3.27. The molecule has 0 radical (unpaired) electrons. The second kappa shape index (κ2) is 5.45. The van der Waals surface area contributed by atoms with Crippen LogP contribution < -0.4 is 0 Å². The Balaban J connectivity index is 2.14. The van der Waals surface area contributed by atoms with E-state index in [-0.39, 0.29) is 37.4 Å². The second-order valence-electron chi connectivity index (χ2n) is 4.82. The molecule has 2 heterocycles. The second-order valence-corrected chi connectivity index (χ2v) is 6.81. The molecule has 2 rings (SSSR count). The summed E-state index contributed by atoms with van der Waals surface area (Å²) in [4.78, 5) is 24.8. The minimum Gasteiger partial charge on any atom is -0.476 e. The van der Waals surface area contributed by atoms with Gasteiger partial charge in [0.25, 0.3) is 5.91 Å². The zero-order valence-corrected chi connectivity index (χ0v) is 12.5. The maximum Gasteiger partial charge on any atom is 0.357 e. The SMILES string of the molecule is Cn1cc(C(=O)N2CCN(S(C)(=O)=O)CC2)c(C(=O)O)n1. The van der Waals surface area contributed by atoms with E-state index in [1.165, 1.54) is 27.1 Å². The number of carbonyl (C=O) groups is 2. The third-order valence-electron chi connectivity index (χ3n) is 3.26. The molecule has 1 aliphatic rings. The Morgan fingerprint density at radius 3 is 2.29 bits per heavy atom. The van der Waals surface area contributed by atoms with Crippen LogP contribution in [0.2, 0.25) is 0 Å². The van der Waals surface area contributed by atoms with Crippen molar-refractivity contribution >= 4 is 21.9 Å². The van der Waals surface area contributed by atoms with E-state index in [4.69, 9.17) is 5.11 Å². The number of piperazine rings is 1. The van der Waals surface area contributed by atoms with E-state index in [1.807, 2.05) is 0 Å². The number of carbonyl (C=O) groups excluding carboxylic acids is 1. The smallest absolute Gasteiger partial charge is 0.357 e. The van der Waals surface area contributed by atoms with Gasteiger partial charge in [-0.1, -0.05) is 0 Å². The van der Waals surface area contributed by atoms with E-state index in [2.05, 4.69) is 5.10 Å². The Labute approximate surface area is 121 Å². The molecule has 1 aliphatic heterocycles. The topological polar surface area (TPSA) is 113 Å². The average Bonchev–Trinajstić information content (AvgIpc) is 2.79. The number of amides is 1. The highest BCUT2D eigenvalue weighted by molar-refractivity contribution is 7.88. The molecule has 1 amide bonds. The van der Waals surface area contributed by atoms with Gasteiger partial charge in [-0.05, 0) is 0 Å². The molecule has 21 heavy (non-hydrogen) atoms. The summed E-state index contributed by atoms with van der Waals surface area (Å²) in [6.45, 7) is 0.847. The van der Waals surface area contributed by atoms with Crippen LogP contribution in [-0.2, 0) is 17.1 Å². The van der Waals surface area contributed by atoms with Crippen molar-refractivity contribution in [2.75, 3.05) is 32.4 Å². The Morgan fingerprint density at radius 2 is 1.81 bits per heavy atom. The van der Waals surface area contributed by atoms with E-state index < -0.39 is 21.9 Å². The number of hydrogen-bond acceptors (Lipinski definition) is 5. The largest absolute Gasteiger partial charge is 0.476 e. The molecule has 0 saturated carbocycles. The molecule has 1 aromatic rings. The van der Waals surface area contributed by atoms with Gasteiger partial charge in [0.15, 0.2) is 5.69 Å². The lowest BCUT2D eigenvalue weighted by atomic mass is 10.2. The third-order valence-corrected chi connectivity index (χ3v) is 4.56. The lowest BCUT2D eigenvalue weighted by Gasteiger charge is -2.33. The number of aromatic nitrogens is 2. The van der Waals surface area contributed by atoms with Crippen molar-refractivity contribution in [3.05, 3.63) is 17.5 Å². The zero-order valence-electron chi connectivity index (χ0n) is 11.7. The normalized spacial score (nSPS) is 17.0. The van der Waals surface area contributed by atoms with Crippen LogP contribution in [0.3, 0.4) is 0 Å². The first-order valence-electron chi connectivity index (χ1n) is 6.21. The van der Waals surface area contributed by atoms with Crippen molar-refractivity contribution in [1.82, 2.24) is 19.0 Å². The van der Waals surface area contributed by atoms with Crippen LogP contribution in [0.15, 0.2) is 6.20 Å². The van der Waals surface area contributed by atoms with E-state index in [1.54, 1.807) is 0 Å². The number of carboxylic acid groups (broad SMARTS) is 1. The Bertz CT molecular complexity index is 673. The van der Waals surface area contributed by atoms with Gasteiger partial charge in [-0.3, -0.25) is 9.48 Å². The first kappa shape index (κ1) is 15.4. The fraction of sp³-hybridized carbons (Fsp3) is 0.545. The predicted molar refractivity (Wildman–Crippen MR) is 72.5 cm³/mol. The molecule has 1 N–H and O–H groups in total. The summed E-state index contributed by atoms with van der Waals surface area (Å²) < 4.78 is 25.4. The Kier molecular flexibility index (Phi) is 4.01. The van der Waals surface area contributed by atoms with Crippen molar-refractivity contribution in [3.8, 4) is 0 Å². The summed E-state index contributed by atoms with van der Waals surface area (Å²) in [5, 5.41) is 12.8. The van der Waals surface area contributed by atoms with Gasteiger partial charge >= 0.3 is 5.97 Å². The maximum absolute atomic E-state index is 12.3. The van der Waals surface area contributed by atoms with Crippen LogP contribution in [0.1, 0.15) is 20.8 Å². The van der Waals surface area contributed by atoms with Crippen molar-refractivity contribution < 1.29 is 23.1 Å². The van der Waals surface area contributed by atoms with Crippen LogP contribution in [0.4, 0.5) is 0 Å². The molecular formula is C11H16N4O5S. The van der Waals surface area contributed by atoms with Gasteiger partial charge in [0.2, 0.25) is 10.0 Å². The van der Waals surface area contributed by atoms with Crippen LogP contribution >= 0.6 is 0 Å². The Hall–Kier alpha value is -1.94. The van der Waals surface area contributed by atoms with Crippen LogP contribution in [0.5, 0.6) is 0 Å². The molecule has 0 spiro atoms. The van der Waals surface area contributed by atoms with Gasteiger partial charge in [-0.25, -0.2) is 13.2 Å². The molecular weight excluding hydrogens is 300 g/mol. The molecule has 10 heteroatoms. The van der Waals surface area contributed by atoms with Gasteiger partial charge in [0.05, 0.1) is 11.8 Å². The number of aryl methyl sites for hydroxylation is 1. The van der Waals surface area contributed by atoms with Gasteiger partial charge < -0.3 is 10.0 Å². The molecule has 0 aliphatic carbocycles. The standard InChI is InChI=1S/C11H16N4O5S/c1-13-7-8(9(12-13)11(17)18)10(16)14-3-5-15(6-4-14)21(2,19)20/h7H,3-6H2,1-2H3,(H,17,18). The molecule has 1 aromatic heterocycles. The fourth-order valence-corrected chi connectivity index (χ4v) is 3.02. The predicted octanol–water partition coefficient (Wildman–Crippen LogP) is -1.16. The first-order chi connectivity index (χ1) is 9.70.